The highest BCUT2D eigenvalue weighted by Crippen LogP contribution is 2.15. The standard InChI is InChI=1S/C14H21NO2S/c1-11(2)17-14(16)13-6-3-5-12(9-13)10-18-8-4-7-15/h3,5-6,9,11H,4,7-8,10,15H2,1-2H3. The Labute approximate surface area is 113 Å². The van der Waals surface area contributed by atoms with E-state index in [4.69, 9.17) is 10.5 Å². The number of thioether (sulfide) groups is 1. The zero-order valence-corrected chi connectivity index (χ0v) is 11.8. The molecular formula is C14H21NO2S. The molecule has 0 amide bonds. The summed E-state index contributed by atoms with van der Waals surface area (Å²) in [7, 11) is 0. The second-order valence-corrected chi connectivity index (χ2v) is 5.45. The Bertz CT molecular complexity index is 380. The van der Waals surface area contributed by atoms with Crippen LogP contribution in [0.15, 0.2) is 24.3 Å². The van der Waals surface area contributed by atoms with Crippen LogP contribution in [-0.2, 0) is 10.5 Å². The molecule has 0 unspecified atom stereocenters. The summed E-state index contributed by atoms with van der Waals surface area (Å²) in [5, 5.41) is 0. The fourth-order valence-electron chi connectivity index (χ4n) is 1.45. The number of benzene rings is 1. The molecule has 0 fully saturated rings. The highest BCUT2D eigenvalue weighted by Gasteiger charge is 2.09. The number of hydrogen-bond acceptors (Lipinski definition) is 4. The third-order valence-corrected chi connectivity index (χ3v) is 3.38. The summed E-state index contributed by atoms with van der Waals surface area (Å²) in [4.78, 5) is 11.7. The van der Waals surface area contributed by atoms with E-state index in [0.29, 0.717) is 5.56 Å². The van der Waals surface area contributed by atoms with Crippen molar-refractivity contribution >= 4 is 17.7 Å². The number of hydrogen-bond donors (Lipinski definition) is 1. The molecule has 4 heteroatoms. The molecule has 0 aliphatic rings. The summed E-state index contributed by atoms with van der Waals surface area (Å²) in [5.74, 6) is 1.71. The van der Waals surface area contributed by atoms with Gasteiger partial charge in [-0.1, -0.05) is 12.1 Å². The van der Waals surface area contributed by atoms with Crippen molar-refractivity contribution in [2.75, 3.05) is 12.3 Å². The van der Waals surface area contributed by atoms with E-state index >= 15 is 0 Å². The van der Waals surface area contributed by atoms with Gasteiger partial charge in [-0.05, 0) is 50.3 Å². The molecule has 1 rings (SSSR count). The average molecular weight is 267 g/mol. The van der Waals surface area contributed by atoms with Crippen LogP contribution in [-0.4, -0.2) is 24.4 Å². The summed E-state index contributed by atoms with van der Waals surface area (Å²) >= 11 is 1.83. The normalized spacial score (nSPS) is 10.7. The van der Waals surface area contributed by atoms with Crippen molar-refractivity contribution < 1.29 is 9.53 Å². The molecule has 100 valence electrons. The molecule has 0 atom stereocenters. The Hall–Kier alpha value is -1.00. The average Bonchev–Trinajstić information content (AvgIpc) is 2.34. The van der Waals surface area contributed by atoms with Gasteiger partial charge in [0.2, 0.25) is 0 Å². The predicted molar refractivity (Wildman–Crippen MR) is 76.8 cm³/mol. The van der Waals surface area contributed by atoms with E-state index in [2.05, 4.69) is 0 Å². The van der Waals surface area contributed by atoms with Gasteiger partial charge in [-0.15, -0.1) is 0 Å². The summed E-state index contributed by atoms with van der Waals surface area (Å²) in [6.45, 7) is 4.43. The van der Waals surface area contributed by atoms with E-state index in [0.717, 1.165) is 30.0 Å². The van der Waals surface area contributed by atoms with E-state index in [1.54, 1.807) is 6.07 Å². The lowest BCUT2D eigenvalue weighted by atomic mass is 10.1. The van der Waals surface area contributed by atoms with Crippen LogP contribution in [0.25, 0.3) is 0 Å². The van der Waals surface area contributed by atoms with Crippen molar-refractivity contribution in [3.63, 3.8) is 0 Å². The van der Waals surface area contributed by atoms with Gasteiger partial charge in [0.25, 0.3) is 0 Å². The molecule has 0 saturated carbocycles. The zero-order chi connectivity index (χ0) is 13.4. The Morgan fingerprint density at radius 2 is 2.22 bits per heavy atom. The molecule has 0 aromatic heterocycles. The molecule has 0 bridgehead atoms. The molecule has 0 saturated heterocycles. The summed E-state index contributed by atoms with van der Waals surface area (Å²) in [6.07, 6.45) is 0.944. The third-order valence-electron chi connectivity index (χ3n) is 2.27. The number of esters is 1. The first kappa shape index (κ1) is 15.1. The number of rotatable bonds is 7. The van der Waals surface area contributed by atoms with Gasteiger partial charge in [0, 0.05) is 5.75 Å². The number of ether oxygens (including phenoxy) is 1. The van der Waals surface area contributed by atoms with Crippen LogP contribution in [0.3, 0.4) is 0 Å². The zero-order valence-electron chi connectivity index (χ0n) is 11.0. The maximum Gasteiger partial charge on any atom is 0.338 e. The van der Waals surface area contributed by atoms with Gasteiger partial charge in [-0.2, -0.15) is 11.8 Å². The Morgan fingerprint density at radius 1 is 1.44 bits per heavy atom. The second kappa shape index (κ2) is 8.16. The lowest BCUT2D eigenvalue weighted by Crippen LogP contribution is -2.11. The summed E-state index contributed by atoms with van der Waals surface area (Å²) in [6, 6.07) is 7.62. The second-order valence-electron chi connectivity index (χ2n) is 4.35. The van der Waals surface area contributed by atoms with Crippen LogP contribution in [0, 0.1) is 0 Å². The van der Waals surface area contributed by atoms with Gasteiger partial charge in [-0.3, -0.25) is 0 Å². The first-order chi connectivity index (χ1) is 8.63. The molecule has 2 N–H and O–H groups in total. The minimum atomic E-state index is -0.251. The lowest BCUT2D eigenvalue weighted by molar-refractivity contribution is 0.0378. The quantitative estimate of drug-likeness (QED) is 0.609. The fourth-order valence-corrected chi connectivity index (χ4v) is 2.38. The highest BCUT2D eigenvalue weighted by molar-refractivity contribution is 7.98. The van der Waals surface area contributed by atoms with E-state index in [-0.39, 0.29) is 12.1 Å². The smallest absolute Gasteiger partial charge is 0.338 e. The van der Waals surface area contributed by atoms with Gasteiger partial charge in [0.05, 0.1) is 11.7 Å². The molecule has 0 heterocycles. The number of nitrogens with two attached hydrogens (primary N) is 1. The molecule has 1 aromatic rings. The van der Waals surface area contributed by atoms with Crippen molar-refractivity contribution in [2.24, 2.45) is 5.73 Å². The number of carbonyl (C=O) groups is 1. The first-order valence-corrected chi connectivity index (χ1v) is 7.36. The fraction of sp³-hybridized carbons (Fsp3) is 0.500. The predicted octanol–water partition coefficient (Wildman–Crippen LogP) is 2.83. The minimum absolute atomic E-state index is 0.0833. The molecule has 0 spiro atoms. The van der Waals surface area contributed by atoms with Crippen molar-refractivity contribution in [3.8, 4) is 0 Å². The van der Waals surface area contributed by atoms with Crippen LogP contribution in [0.4, 0.5) is 0 Å². The van der Waals surface area contributed by atoms with Gasteiger partial charge < -0.3 is 10.5 Å². The molecule has 1 aromatic carbocycles. The third kappa shape index (κ3) is 5.56. The topological polar surface area (TPSA) is 52.3 Å². The molecule has 3 nitrogen and oxygen atoms in total. The first-order valence-electron chi connectivity index (χ1n) is 6.21. The number of carbonyl (C=O) groups excluding carboxylic acids is 1. The van der Waals surface area contributed by atoms with Crippen molar-refractivity contribution in [3.05, 3.63) is 35.4 Å². The maximum atomic E-state index is 11.7. The largest absolute Gasteiger partial charge is 0.459 e. The van der Waals surface area contributed by atoms with E-state index in [1.165, 1.54) is 0 Å². The highest BCUT2D eigenvalue weighted by atomic mass is 32.2. The Kier molecular flexibility index (Phi) is 6.83. The van der Waals surface area contributed by atoms with Gasteiger partial charge in [0.15, 0.2) is 0 Å². The summed E-state index contributed by atoms with van der Waals surface area (Å²) < 4.78 is 5.17. The van der Waals surface area contributed by atoms with Crippen LogP contribution in [0.1, 0.15) is 36.2 Å². The van der Waals surface area contributed by atoms with Crippen LogP contribution in [0.2, 0.25) is 0 Å². The summed E-state index contributed by atoms with van der Waals surface area (Å²) in [5.41, 5.74) is 7.22. The Morgan fingerprint density at radius 3 is 2.89 bits per heavy atom. The van der Waals surface area contributed by atoms with Crippen LogP contribution >= 0.6 is 11.8 Å². The molecule has 0 radical (unpaired) electrons. The monoisotopic (exact) mass is 267 g/mol. The van der Waals surface area contributed by atoms with Crippen LogP contribution < -0.4 is 5.73 Å². The lowest BCUT2D eigenvalue weighted by Gasteiger charge is -2.09. The van der Waals surface area contributed by atoms with E-state index < -0.39 is 0 Å². The van der Waals surface area contributed by atoms with Crippen molar-refractivity contribution in [1.82, 2.24) is 0 Å². The van der Waals surface area contributed by atoms with Crippen molar-refractivity contribution in [1.29, 1.82) is 0 Å². The van der Waals surface area contributed by atoms with Crippen molar-refractivity contribution in [2.45, 2.75) is 32.1 Å². The Balaban J connectivity index is 2.53. The molecule has 0 aliphatic heterocycles. The van der Waals surface area contributed by atoms with Gasteiger partial charge in [-0.25, -0.2) is 4.79 Å². The SMILES string of the molecule is CC(C)OC(=O)c1cccc(CSCCCN)c1. The van der Waals surface area contributed by atoms with Crippen LogP contribution in [0.5, 0.6) is 0 Å². The maximum absolute atomic E-state index is 11.7. The molecule has 18 heavy (non-hydrogen) atoms. The molecular weight excluding hydrogens is 246 g/mol. The van der Waals surface area contributed by atoms with E-state index in [9.17, 15) is 4.79 Å². The van der Waals surface area contributed by atoms with E-state index in [1.807, 2.05) is 43.8 Å². The minimum Gasteiger partial charge on any atom is -0.459 e. The van der Waals surface area contributed by atoms with Gasteiger partial charge >= 0.3 is 5.97 Å². The molecule has 0 aliphatic carbocycles. The van der Waals surface area contributed by atoms with Gasteiger partial charge in [0.1, 0.15) is 0 Å².